The SMILES string of the molecule is COC(=O)CCCCCCC(=O)Nc1ccc2c(c1)C(=O)C(=O)c1cccc([N+](=O)[O-])c1-2. The van der Waals surface area contributed by atoms with Crippen LogP contribution >= 0.6 is 0 Å². The van der Waals surface area contributed by atoms with Crippen LogP contribution in [0.5, 0.6) is 0 Å². The molecule has 0 saturated carbocycles. The Bertz CT molecular complexity index is 1110. The van der Waals surface area contributed by atoms with Gasteiger partial charge in [-0.15, -0.1) is 0 Å². The number of benzene rings is 2. The number of hydrogen-bond donors (Lipinski definition) is 1. The highest BCUT2D eigenvalue weighted by molar-refractivity contribution is 6.53. The number of ether oxygens (including phenoxy) is 1. The van der Waals surface area contributed by atoms with Crippen molar-refractivity contribution in [3.8, 4) is 11.1 Å². The van der Waals surface area contributed by atoms with Crippen LogP contribution in [0.1, 0.15) is 59.2 Å². The molecule has 0 aromatic heterocycles. The first kappa shape index (κ1) is 22.8. The summed E-state index contributed by atoms with van der Waals surface area (Å²) in [4.78, 5) is 59.2. The van der Waals surface area contributed by atoms with Gasteiger partial charge in [0.2, 0.25) is 17.5 Å². The van der Waals surface area contributed by atoms with Crippen molar-refractivity contribution in [2.45, 2.75) is 38.5 Å². The molecule has 0 radical (unpaired) electrons. The predicted molar refractivity (Wildman–Crippen MR) is 116 cm³/mol. The smallest absolute Gasteiger partial charge is 0.305 e. The average Bonchev–Trinajstić information content (AvgIpc) is 2.78. The number of nitrogens with zero attached hydrogens (tertiary/aromatic N) is 1. The molecule has 166 valence electrons. The third-order valence-corrected chi connectivity index (χ3v) is 5.27. The van der Waals surface area contributed by atoms with E-state index < -0.39 is 16.5 Å². The van der Waals surface area contributed by atoms with Crippen LogP contribution in [-0.2, 0) is 14.3 Å². The number of carbonyl (C=O) groups excluding carboxylic acids is 4. The molecule has 9 nitrogen and oxygen atoms in total. The number of hydrogen-bond acceptors (Lipinski definition) is 7. The number of anilines is 1. The molecule has 9 heteroatoms. The molecule has 0 spiro atoms. The minimum Gasteiger partial charge on any atom is -0.469 e. The normalized spacial score (nSPS) is 12.0. The molecular weight excluding hydrogens is 416 g/mol. The summed E-state index contributed by atoms with van der Waals surface area (Å²) in [5.41, 5.74) is 0.511. The van der Waals surface area contributed by atoms with Gasteiger partial charge in [-0.3, -0.25) is 29.3 Å². The van der Waals surface area contributed by atoms with Crippen molar-refractivity contribution in [1.82, 2.24) is 0 Å². The third kappa shape index (κ3) is 4.88. The zero-order chi connectivity index (χ0) is 23.3. The van der Waals surface area contributed by atoms with Crippen LogP contribution in [0, 0.1) is 10.1 Å². The number of fused-ring (bicyclic) bond motifs is 3. The van der Waals surface area contributed by atoms with E-state index in [9.17, 15) is 29.3 Å². The van der Waals surface area contributed by atoms with Crippen LogP contribution in [0.2, 0.25) is 0 Å². The second kappa shape index (κ2) is 9.95. The van der Waals surface area contributed by atoms with E-state index in [1.807, 2.05) is 0 Å². The fourth-order valence-corrected chi connectivity index (χ4v) is 3.67. The van der Waals surface area contributed by atoms with E-state index in [-0.39, 0.29) is 40.7 Å². The molecule has 0 bridgehead atoms. The molecule has 1 aliphatic carbocycles. The summed E-state index contributed by atoms with van der Waals surface area (Å²) in [5.74, 6) is -2.09. The number of nitro benzene ring substituents is 1. The Morgan fingerprint density at radius 2 is 1.62 bits per heavy atom. The number of amides is 1. The number of nitro groups is 1. The van der Waals surface area contributed by atoms with E-state index >= 15 is 0 Å². The molecule has 1 N–H and O–H groups in total. The number of ketones is 2. The summed E-state index contributed by atoms with van der Waals surface area (Å²) >= 11 is 0. The van der Waals surface area contributed by atoms with Gasteiger partial charge in [0.15, 0.2) is 0 Å². The van der Waals surface area contributed by atoms with E-state index in [1.165, 1.54) is 37.4 Å². The van der Waals surface area contributed by atoms with Gasteiger partial charge in [0.05, 0.1) is 17.6 Å². The lowest BCUT2D eigenvalue weighted by molar-refractivity contribution is -0.384. The van der Waals surface area contributed by atoms with Crippen molar-refractivity contribution >= 4 is 34.8 Å². The lowest BCUT2D eigenvalue weighted by atomic mass is 9.83. The molecule has 0 saturated heterocycles. The monoisotopic (exact) mass is 438 g/mol. The highest BCUT2D eigenvalue weighted by Crippen LogP contribution is 2.40. The summed E-state index contributed by atoms with van der Waals surface area (Å²) in [7, 11) is 1.34. The molecule has 1 amide bonds. The Balaban J connectivity index is 1.68. The molecule has 0 unspecified atom stereocenters. The Morgan fingerprint density at radius 3 is 2.31 bits per heavy atom. The van der Waals surface area contributed by atoms with E-state index in [1.54, 1.807) is 6.07 Å². The standard InChI is InChI=1S/C23H22N2O7/c1-32-20(27)10-5-3-2-4-9-19(26)24-14-11-12-15-17(13-14)23(29)22(28)16-7-6-8-18(21(15)16)25(30)31/h6-8,11-13H,2-5,9-10H2,1H3,(H,24,26). The van der Waals surface area contributed by atoms with Crippen LogP contribution in [0.3, 0.4) is 0 Å². The largest absolute Gasteiger partial charge is 0.469 e. The first-order valence-electron chi connectivity index (χ1n) is 10.2. The van der Waals surface area contributed by atoms with Gasteiger partial charge in [0.25, 0.3) is 5.69 Å². The van der Waals surface area contributed by atoms with Gasteiger partial charge in [-0.25, -0.2) is 0 Å². The van der Waals surface area contributed by atoms with Crippen LogP contribution in [0.25, 0.3) is 11.1 Å². The van der Waals surface area contributed by atoms with E-state index in [2.05, 4.69) is 10.1 Å². The quantitative estimate of drug-likeness (QED) is 0.205. The second-order valence-electron chi connectivity index (χ2n) is 7.41. The molecule has 1 aliphatic rings. The molecule has 32 heavy (non-hydrogen) atoms. The Hall–Kier alpha value is -3.88. The first-order chi connectivity index (χ1) is 15.3. The van der Waals surface area contributed by atoms with Gasteiger partial charge >= 0.3 is 5.97 Å². The zero-order valence-electron chi connectivity index (χ0n) is 17.5. The van der Waals surface area contributed by atoms with Gasteiger partial charge in [-0.1, -0.05) is 25.0 Å². The molecule has 2 aromatic carbocycles. The average molecular weight is 438 g/mol. The van der Waals surface area contributed by atoms with Crippen LogP contribution in [-0.4, -0.2) is 35.5 Å². The van der Waals surface area contributed by atoms with Crippen molar-refractivity contribution in [2.24, 2.45) is 0 Å². The lowest BCUT2D eigenvalue weighted by Crippen LogP contribution is -2.22. The molecular formula is C23H22N2O7. The van der Waals surface area contributed by atoms with Gasteiger partial charge < -0.3 is 10.1 Å². The van der Waals surface area contributed by atoms with Crippen LogP contribution in [0.4, 0.5) is 11.4 Å². The van der Waals surface area contributed by atoms with Crippen molar-refractivity contribution in [1.29, 1.82) is 0 Å². The topological polar surface area (TPSA) is 133 Å². The number of Topliss-reactive ketones (excluding diaryl/α,β-unsaturated/α-hetero) is 2. The van der Waals surface area contributed by atoms with E-state index in [0.29, 0.717) is 30.5 Å². The molecule has 0 fully saturated rings. The zero-order valence-corrected chi connectivity index (χ0v) is 17.5. The van der Waals surface area contributed by atoms with Crippen molar-refractivity contribution < 1.29 is 28.8 Å². The molecule has 2 aromatic rings. The number of carbonyl (C=O) groups is 4. The number of unbranched alkanes of at least 4 members (excludes halogenated alkanes) is 3. The van der Waals surface area contributed by atoms with Crippen molar-refractivity contribution in [2.75, 3.05) is 12.4 Å². The Kier molecular flexibility index (Phi) is 7.09. The Morgan fingerprint density at radius 1 is 0.938 bits per heavy atom. The number of rotatable bonds is 9. The number of esters is 1. The summed E-state index contributed by atoms with van der Waals surface area (Å²) in [6.45, 7) is 0. The maximum atomic E-state index is 12.6. The van der Waals surface area contributed by atoms with E-state index in [4.69, 9.17) is 0 Å². The van der Waals surface area contributed by atoms with Crippen LogP contribution in [0.15, 0.2) is 36.4 Å². The van der Waals surface area contributed by atoms with Gasteiger partial charge in [-0.05, 0) is 31.0 Å². The van der Waals surface area contributed by atoms with Gasteiger partial charge in [0.1, 0.15) is 0 Å². The third-order valence-electron chi connectivity index (χ3n) is 5.27. The van der Waals surface area contributed by atoms with Gasteiger partial charge in [-0.2, -0.15) is 0 Å². The predicted octanol–water partition coefficient (Wildman–Crippen LogP) is 4.09. The molecule has 0 heterocycles. The highest BCUT2D eigenvalue weighted by Gasteiger charge is 2.35. The number of methoxy groups -OCH3 is 1. The van der Waals surface area contributed by atoms with Crippen molar-refractivity contribution in [3.63, 3.8) is 0 Å². The summed E-state index contributed by atoms with van der Waals surface area (Å²) in [6.07, 6.45) is 3.53. The molecule has 0 aliphatic heterocycles. The maximum Gasteiger partial charge on any atom is 0.305 e. The Labute approximate surface area is 183 Å². The fourth-order valence-electron chi connectivity index (χ4n) is 3.67. The fraction of sp³-hybridized carbons (Fsp3) is 0.304. The summed E-state index contributed by atoms with van der Waals surface area (Å²) in [5, 5.41) is 14.1. The van der Waals surface area contributed by atoms with Gasteiger partial charge in [0, 0.05) is 41.3 Å². The van der Waals surface area contributed by atoms with Crippen LogP contribution < -0.4 is 5.32 Å². The van der Waals surface area contributed by atoms with E-state index in [0.717, 1.165) is 12.8 Å². The summed E-state index contributed by atoms with van der Waals surface area (Å²) < 4.78 is 4.57. The molecule has 0 atom stereocenters. The van der Waals surface area contributed by atoms with Crippen molar-refractivity contribution in [3.05, 3.63) is 57.6 Å². The second-order valence-corrected chi connectivity index (χ2v) is 7.41. The first-order valence-corrected chi connectivity index (χ1v) is 10.2. The summed E-state index contributed by atoms with van der Waals surface area (Å²) in [6, 6.07) is 8.49. The minimum atomic E-state index is -0.813. The maximum absolute atomic E-state index is 12.6. The molecule has 3 rings (SSSR count). The number of nitrogens with one attached hydrogen (secondary N) is 1. The lowest BCUT2D eigenvalue weighted by Gasteiger charge is -2.18. The minimum absolute atomic E-state index is 0.000634. The highest BCUT2D eigenvalue weighted by atomic mass is 16.6.